The maximum atomic E-state index is 12.5. The standard InChI is InChI=1S/C11H15ClN2O3S/c12-9-3-1-4-10(13)11(9)18(15,16)14-5-2-7-17-8-6-14/h1,3-4H,2,5-8,13H2. The van der Waals surface area contributed by atoms with Gasteiger partial charge in [-0.3, -0.25) is 0 Å². The van der Waals surface area contributed by atoms with E-state index in [4.69, 9.17) is 22.1 Å². The van der Waals surface area contributed by atoms with E-state index < -0.39 is 10.0 Å². The lowest BCUT2D eigenvalue weighted by atomic mass is 10.3. The molecule has 1 fully saturated rings. The van der Waals surface area contributed by atoms with E-state index >= 15 is 0 Å². The lowest BCUT2D eigenvalue weighted by Crippen LogP contribution is -2.33. The van der Waals surface area contributed by atoms with Gasteiger partial charge < -0.3 is 10.5 Å². The SMILES string of the molecule is Nc1cccc(Cl)c1S(=O)(=O)N1CCCOCC1. The number of ether oxygens (including phenoxy) is 1. The van der Waals surface area contributed by atoms with Crippen LogP contribution in [0, 0.1) is 0 Å². The van der Waals surface area contributed by atoms with E-state index in [1.54, 1.807) is 6.07 Å². The molecular weight excluding hydrogens is 276 g/mol. The highest BCUT2D eigenvalue weighted by molar-refractivity contribution is 7.89. The first-order valence-electron chi connectivity index (χ1n) is 5.65. The van der Waals surface area contributed by atoms with Gasteiger partial charge in [-0.2, -0.15) is 4.31 Å². The number of benzene rings is 1. The van der Waals surface area contributed by atoms with Crippen molar-refractivity contribution in [1.82, 2.24) is 4.31 Å². The molecule has 2 N–H and O–H groups in total. The summed E-state index contributed by atoms with van der Waals surface area (Å²) in [5.74, 6) is 0. The van der Waals surface area contributed by atoms with Crippen molar-refractivity contribution >= 4 is 27.3 Å². The summed E-state index contributed by atoms with van der Waals surface area (Å²) in [5.41, 5.74) is 5.91. The van der Waals surface area contributed by atoms with Crippen LogP contribution in [0.25, 0.3) is 0 Å². The number of hydrogen-bond donors (Lipinski definition) is 1. The van der Waals surface area contributed by atoms with Crippen LogP contribution in [0.5, 0.6) is 0 Å². The maximum Gasteiger partial charge on any atom is 0.246 e. The Morgan fingerprint density at radius 3 is 2.78 bits per heavy atom. The molecule has 0 unspecified atom stereocenters. The number of anilines is 1. The molecule has 18 heavy (non-hydrogen) atoms. The van der Waals surface area contributed by atoms with Crippen molar-refractivity contribution in [2.45, 2.75) is 11.3 Å². The Bertz CT molecular complexity index is 505. The van der Waals surface area contributed by atoms with Gasteiger partial charge in [-0.25, -0.2) is 8.42 Å². The lowest BCUT2D eigenvalue weighted by molar-refractivity contribution is 0.148. The largest absolute Gasteiger partial charge is 0.398 e. The van der Waals surface area contributed by atoms with Crippen LogP contribution < -0.4 is 5.73 Å². The molecule has 0 atom stereocenters. The van der Waals surface area contributed by atoms with Gasteiger partial charge >= 0.3 is 0 Å². The van der Waals surface area contributed by atoms with Gasteiger partial charge in [0.2, 0.25) is 10.0 Å². The molecule has 1 heterocycles. The number of nitrogen functional groups attached to an aromatic ring is 1. The Balaban J connectivity index is 2.41. The first-order valence-corrected chi connectivity index (χ1v) is 7.47. The lowest BCUT2D eigenvalue weighted by Gasteiger charge is -2.20. The summed E-state index contributed by atoms with van der Waals surface area (Å²) in [6.07, 6.45) is 0.670. The molecule has 0 bridgehead atoms. The Hall–Kier alpha value is -0.820. The third-order valence-electron chi connectivity index (χ3n) is 2.78. The van der Waals surface area contributed by atoms with Gasteiger partial charge in [0.15, 0.2) is 0 Å². The molecule has 0 amide bonds. The number of rotatable bonds is 2. The van der Waals surface area contributed by atoms with E-state index in [2.05, 4.69) is 0 Å². The Kier molecular flexibility index (Phi) is 4.11. The van der Waals surface area contributed by atoms with Crippen molar-refractivity contribution in [1.29, 1.82) is 0 Å². The van der Waals surface area contributed by atoms with E-state index in [9.17, 15) is 8.42 Å². The molecule has 1 aliphatic heterocycles. The Morgan fingerprint density at radius 2 is 2.06 bits per heavy atom. The summed E-state index contributed by atoms with van der Waals surface area (Å²) in [4.78, 5) is -0.00596. The Morgan fingerprint density at radius 1 is 1.28 bits per heavy atom. The zero-order valence-corrected chi connectivity index (χ0v) is 11.4. The third-order valence-corrected chi connectivity index (χ3v) is 5.22. The number of nitrogens with two attached hydrogens (primary N) is 1. The molecule has 7 heteroatoms. The third kappa shape index (κ3) is 2.61. The quantitative estimate of drug-likeness (QED) is 0.834. The zero-order valence-electron chi connectivity index (χ0n) is 9.80. The number of sulfonamides is 1. The second-order valence-electron chi connectivity index (χ2n) is 4.03. The maximum absolute atomic E-state index is 12.5. The van der Waals surface area contributed by atoms with E-state index in [0.29, 0.717) is 32.7 Å². The van der Waals surface area contributed by atoms with Crippen LogP contribution in [0.4, 0.5) is 5.69 Å². The molecule has 1 saturated heterocycles. The molecule has 0 spiro atoms. The van der Waals surface area contributed by atoms with Crippen molar-refractivity contribution < 1.29 is 13.2 Å². The minimum Gasteiger partial charge on any atom is -0.398 e. The highest BCUT2D eigenvalue weighted by Crippen LogP contribution is 2.30. The van der Waals surface area contributed by atoms with Crippen molar-refractivity contribution in [3.8, 4) is 0 Å². The second-order valence-corrected chi connectivity index (χ2v) is 6.31. The van der Waals surface area contributed by atoms with Gasteiger partial charge in [-0.05, 0) is 18.6 Å². The summed E-state index contributed by atoms with van der Waals surface area (Å²) in [6, 6.07) is 4.69. The Labute approximate surface area is 112 Å². The summed E-state index contributed by atoms with van der Waals surface area (Å²) >= 11 is 5.96. The fraction of sp³-hybridized carbons (Fsp3) is 0.455. The average Bonchev–Trinajstić information content (AvgIpc) is 2.57. The van der Waals surface area contributed by atoms with Gasteiger partial charge in [-0.1, -0.05) is 17.7 Å². The normalized spacial score (nSPS) is 18.5. The van der Waals surface area contributed by atoms with Crippen molar-refractivity contribution in [3.63, 3.8) is 0 Å². The summed E-state index contributed by atoms with van der Waals surface area (Å²) in [7, 11) is -3.65. The van der Waals surface area contributed by atoms with Crippen molar-refractivity contribution in [2.75, 3.05) is 32.0 Å². The molecule has 0 radical (unpaired) electrons. The summed E-state index contributed by atoms with van der Waals surface area (Å²) in [5, 5.41) is 0.153. The van der Waals surface area contributed by atoms with Gasteiger partial charge in [0, 0.05) is 19.7 Å². The fourth-order valence-corrected chi connectivity index (χ4v) is 3.99. The monoisotopic (exact) mass is 290 g/mol. The van der Waals surface area contributed by atoms with Crippen molar-refractivity contribution in [2.24, 2.45) is 0 Å². The zero-order chi connectivity index (χ0) is 13.2. The van der Waals surface area contributed by atoms with E-state index in [1.807, 2.05) is 0 Å². The number of hydrogen-bond acceptors (Lipinski definition) is 4. The average molecular weight is 291 g/mol. The molecule has 1 aliphatic rings. The minimum atomic E-state index is -3.65. The molecule has 5 nitrogen and oxygen atoms in total. The van der Waals surface area contributed by atoms with Gasteiger partial charge in [0.25, 0.3) is 0 Å². The van der Waals surface area contributed by atoms with Crippen LogP contribution in [0.1, 0.15) is 6.42 Å². The molecule has 0 aromatic heterocycles. The topological polar surface area (TPSA) is 72.6 Å². The molecule has 100 valence electrons. The summed E-state index contributed by atoms with van der Waals surface area (Å²) < 4.78 is 31.6. The number of halogens is 1. The molecular formula is C11H15ClN2O3S. The number of nitrogens with zero attached hydrogens (tertiary/aromatic N) is 1. The van der Waals surface area contributed by atoms with Crippen LogP contribution >= 0.6 is 11.6 Å². The van der Waals surface area contributed by atoms with Crippen LogP contribution in [0.2, 0.25) is 5.02 Å². The van der Waals surface area contributed by atoms with Crippen molar-refractivity contribution in [3.05, 3.63) is 23.2 Å². The van der Waals surface area contributed by atoms with Crippen LogP contribution in [0.3, 0.4) is 0 Å². The van der Waals surface area contributed by atoms with Crippen LogP contribution in [-0.4, -0.2) is 39.0 Å². The highest BCUT2D eigenvalue weighted by atomic mass is 35.5. The van der Waals surface area contributed by atoms with E-state index in [0.717, 1.165) is 0 Å². The van der Waals surface area contributed by atoms with Gasteiger partial charge in [0.05, 0.1) is 17.3 Å². The minimum absolute atomic E-state index is 0.00596. The van der Waals surface area contributed by atoms with Gasteiger partial charge in [0.1, 0.15) is 4.90 Å². The highest BCUT2D eigenvalue weighted by Gasteiger charge is 2.29. The van der Waals surface area contributed by atoms with Crippen LogP contribution in [0.15, 0.2) is 23.1 Å². The fourth-order valence-electron chi connectivity index (χ4n) is 1.89. The smallest absolute Gasteiger partial charge is 0.246 e. The first-order chi connectivity index (χ1) is 8.53. The van der Waals surface area contributed by atoms with E-state index in [-0.39, 0.29) is 15.6 Å². The molecule has 0 saturated carbocycles. The predicted octanol–water partition coefficient (Wildman–Crippen LogP) is 1.33. The molecule has 2 rings (SSSR count). The molecule has 1 aromatic rings. The molecule has 1 aromatic carbocycles. The van der Waals surface area contributed by atoms with Gasteiger partial charge in [-0.15, -0.1) is 0 Å². The van der Waals surface area contributed by atoms with E-state index in [1.165, 1.54) is 16.4 Å². The van der Waals surface area contributed by atoms with Crippen LogP contribution in [-0.2, 0) is 14.8 Å². The molecule has 0 aliphatic carbocycles. The second kappa shape index (κ2) is 5.44. The predicted molar refractivity (Wildman–Crippen MR) is 70.1 cm³/mol. The summed E-state index contributed by atoms with van der Waals surface area (Å²) in [6.45, 7) is 1.72. The first kappa shape index (κ1) is 13.6.